The van der Waals surface area contributed by atoms with Crippen LogP contribution in [0.3, 0.4) is 0 Å². The number of halogens is 2. The third kappa shape index (κ3) is 3.51. The molecular weight excluding hydrogens is 326 g/mol. The summed E-state index contributed by atoms with van der Waals surface area (Å²) < 4.78 is 1.01. The van der Waals surface area contributed by atoms with Gasteiger partial charge < -0.3 is 4.90 Å². The number of alkyl halides is 1. The fraction of sp³-hybridized carbons (Fsp3) is 0.533. The van der Waals surface area contributed by atoms with Crippen LogP contribution >= 0.6 is 27.5 Å². The minimum atomic E-state index is 0.123. The molecule has 0 heterocycles. The minimum Gasteiger partial charge on any atom is -0.334 e. The van der Waals surface area contributed by atoms with Gasteiger partial charge in [-0.15, -0.1) is 11.6 Å². The van der Waals surface area contributed by atoms with E-state index in [4.69, 9.17) is 11.6 Å². The third-order valence-corrected chi connectivity index (χ3v) is 4.43. The van der Waals surface area contributed by atoms with Crippen LogP contribution in [0.15, 0.2) is 22.7 Å². The van der Waals surface area contributed by atoms with E-state index >= 15 is 0 Å². The second-order valence-electron chi connectivity index (χ2n) is 5.09. The third-order valence-electron chi connectivity index (χ3n) is 3.77. The zero-order valence-corrected chi connectivity index (χ0v) is 13.5. The van der Waals surface area contributed by atoms with Crippen molar-refractivity contribution in [1.29, 1.82) is 0 Å². The summed E-state index contributed by atoms with van der Waals surface area (Å²) in [4.78, 5) is 14.7. The molecule has 0 saturated heterocycles. The first-order chi connectivity index (χ1) is 9.13. The maximum absolute atomic E-state index is 12.7. The first-order valence-electron chi connectivity index (χ1n) is 6.76. The molecule has 19 heavy (non-hydrogen) atoms. The van der Waals surface area contributed by atoms with Crippen molar-refractivity contribution in [2.45, 2.75) is 38.6 Å². The lowest BCUT2D eigenvalue weighted by Crippen LogP contribution is -2.40. The molecule has 0 radical (unpaired) electrons. The fourth-order valence-corrected chi connectivity index (χ4v) is 3.44. The number of rotatable bonds is 4. The van der Waals surface area contributed by atoms with Gasteiger partial charge in [0, 0.05) is 28.5 Å². The molecule has 2 nitrogen and oxygen atoms in total. The molecule has 1 aromatic rings. The van der Waals surface area contributed by atoms with Crippen LogP contribution in [-0.2, 0) is 0 Å². The molecule has 1 fully saturated rings. The summed E-state index contributed by atoms with van der Waals surface area (Å²) in [6.07, 6.45) is 4.66. The van der Waals surface area contributed by atoms with Gasteiger partial charge in [-0.3, -0.25) is 4.79 Å². The van der Waals surface area contributed by atoms with Gasteiger partial charge in [0.05, 0.1) is 0 Å². The standard InChI is InChI=1S/C15H19BrClNO/c1-11-10-12(16)6-7-14(11)15(19)18(9-8-17)13-4-2-3-5-13/h6-7,10,13H,2-5,8-9H2,1H3. The normalized spacial score (nSPS) is 15.7. The van der Waals surface area contributed by atoms with Gasteiger partial charge in [-0.1, -0.05) is 28.8 Å². The lowest BCUT2D eigenvalue weighted by Gasteiger charge is -2.29. The van der Waals surface area contributed by atoms with E-state index in [1.54, 1.807) is 0 Å². The van der Waals surface area contributed by atoms with Gasteiger partial charge >= 0.3 is 0 Å². The number of carbonyl (C=O) groups excluding carboxylic acids is 1. The lowest BCUT2D eigenvalue weighted by atomic mass is 10.1. The summed E-state index contributed by atoms with van der Waals surface area (Å²) in [5.41, 5.74) is 1.80. The zero-order chi connectivity index (χ0) is 13.8. The number of hydrogen-bond acceptors (Lipinski definition) is 1. The molecule has 0 aliphatic heterocycles. The Labute approximate surface area is 128 Å². The SMILES string of the molecule is Cc1cc(Br)ccc1C(=O)N(CCCl)C1CCCC1. The molecule has 104 valence electrons. The quantitative estimate of drug-likeness (QED) is 0.742. The van der Waals surface area contributed by atoms with Crippen LogP contribution in [0.5, 0.6) is 0 Å². The van der Waals surface area contributed by atoms with Crippen LogP contribution in [0.4, 0.5) is 0 Å². The molecule has 0 aromatic heterocycles. The van der Waals surface area contributed by atoms with Crippen LogP contribution in [0.25, 0.3) is 0 Å². The first kappa shape index (κ1) is 14.9. The summed E-state index contributed by atoms with van der Waals surface area (Å²) in [5, 5.41) is 0. The van der Waals surface area contributed by atoms with Gasteiger partial charge in [-0.2, -0.15) is 0 Å². The van der Waals surface area contributed by atoms with Crippen molar-refractivity contribution >= 4 is 33.4 Å². The van der Waals surface area contributed by atoms with E-state index in [0.29, 0.717) is 18.5 Å². The van der Waals surface area contributed by atoms with Crippen molar-refractivity contribution in [2.24, 2.45) is 0 Å². The number of carbonyl (C=O) groups is 1. The number of aryl methyl sites for hydroxylation is 1. The van der Waals surface area contributed by atoms with E-state index in [2.05, 4.69) is 15.9 Å². The highest BCUT2D eigenvalue weighted by molar-refractivity contribution is 9.10. The van der Waals surface area contributed by atoms with Crippen LogP contribution in [0, 0.1) is 6.92 Å². The van der Waals surface area contributed by atoms with Crippen LogP contribution < -0.4 is 0 Å². The van der Waals surface area contributed by atoms with Crippen molar-refractivity contribution in [2.75, 3.05) is 12.4 Å². The number of hydrogen-bond donors (Lipinski definition) is 0. The van der Waals surface area contributed by atoms with E-state index in [0.717, 1.165) is 28.4 Å². The number of amides is 1. The monoisotopic (exact) mass is 343 g/mol. The van der Waals surface area contributed by atoms with E-state index in [9.17, 15) is 4.79 Å². The summed E-state index contributed by atoms with van der Waals surface area (Å²) in [6, 6.07) is 6.18. The van der Waals surface area contributed by atoms with Crippen LogP contribution in [0.2, 0.25) is 0 Å². The summed E-state index contributed by atoms with van der Waals surface area (Å²) in [6.45, 7) is 2.62. The Hall–Kier alpha value is -0.540. The molecule has 0 spiro atoms. The first-order valence-corrected chi connectivity index (χ1v) is 8.09. The summed E-state index contributed by atoms with van der Waals surface area (Å²) in [5.74, 6) is 0.621. The van der Waals surface area contributed by atoms with Crippen LogP contribution in [-0.4, -0.2) is 29.3 Å². The molecule has 1 saturated carbocycles. The molecule has 4 heteroatoms. The topological polar surface area (TPSA) is 20.3 Å². The Morgan fingerprint density at radius 1 is 1.42 bits per heavy atom. The molecule has 1 aliphatic rings. The van der Waals surface area contributed by atoms with Crippen molar-refractivity contribution in [3.8, 4) is 0 Å². The Bertz CT molecular complexity index is 457. The molecule has 0 atom stereocenters. The van der Waals surface area contributed by atoms with Crippen molar-refractivity contribution < 1.29 is 4.79 Å². The van der Waals surface area contributed by atoms with E-state index in [1.807, 2.05) is 30.0 Å². The smallest absolute Gasteiger partial charge is 0.254 e. The number of nitrogens with zero attached hydrogens (tertiary/aromatic N) is 1. The highest BCUT2D eigenvalue weighted by atomic mass is 79.9. The molecule has 0 N–H and O–H groups in total. The second-order valence-corrected chi connectivity index (χ2v) is 6.38. The molecule has 1 aromatic carbocycles. The highest BCUT2D eigenvalue weighted by Gasteiger charge is 2.27. The maximum Gasteiger partial charge on any atom is 0.254 e. The van der Waals surface area contributed by atoms with E-state index in [1.165, 1.54) is 12.8 Å². The average molecular weight is 345 g/mol. The summed E-state index contributed by atoms with van der Waals surface area (Å²) in [7, 11) is 0. The maximum atomic E-state index is 12.7. The zero-order valence-electron chi connectivity index (χ0n) is 11.2. The van der Waals surface area contributed by atoms with E-state index in [-0.39, 0.29) is 5.91 Å². The van der Waals surface area contributed by atoms with E-state index < -0.39 is 0 Å². The van der Waals surface area contributed by atoms with Gasteiger partial charge in [0.2, 0.25) is 0 Å². The van der Waals surface area contributed by atoms with Gasteiger partial charge in [-0.05, 0) is 43.5 Å². The minimum absolute atomic E-state index is 0.123. The Balaban J connectivity index is 2.22. The Morgan fingerprint density at radius 3 is 2.68 bits per heavy atom. The van der Waals surface area contributed by atoms with Gasteiger partial charge in [0.1, 0.15) is 0 Å². The van der Waals surface area contributed by atoms with Crippen LogP contribution in [0.1, 0.15) is 41.6 Å². The molecular formula is C15H19BrClNO. The lowest BCUT2D eigenvalue weighted by molar-refractivity contribution is 0.0694. The predicted molar refractivity (Wildman–Crippen MR) is 82.9 cm³/mol. The van der Waals surface area contributed by atoms with Crippen molar-refractivity contribution in [3.63, 3.8) is 0 Å². The summed E-state index contributed by atoms with van der Waals surface area (Å²) >= 11 is 9.30. The van der Waals surface area contributed by atoms with Crippen molar-refractivity contribution in [3.05, 3.63) is 33.8 Å². The molecule has 0 bridgehead atoms. The molecule has 0 unspecified atom stereocenters. The molecule has 1 aliphatic carbocycles. The molecule has 2 rings (SSSR count). The Kier molecular flexibility index (Phi) is 5.28. The molecule has 1 amide bonds. The number of benzene rings is 1. The van der Waals surface area contributed by atoms with Crippen molar-refractivity contribution in [1.82, 2.24) is 4.90 Å². The van der Waals surface area contributed by atoms with Gasteiger partial charge in [0.25, 0.3) is 5.91 Å². The Morgan fingerprint density at radius 2 is 2.11 bits per heavy atom. The largest absolute Gasteiger partial charge is 0.334 e. The fourth-order valence-electron chi connectivity index (χ4n) is 2.78. The van der Waals surface area contributed by atoms with Gasteiger partial charge in [0.15, 0.2) is 0 Å². The predicted octanol–water partition coefficient (Wildman–Crippen LogP) is 4.38. The highest BCUT2D eigenvalue weighted by Crippen LogP contribution is 2.26. The van der Waals surface area contributed by atoms with Gasteiger partial charge in [-0.25, -0.2) is 0 Å². The second kappa shape index (κ2) is 6.76. The average Bonchev–Trinajstić information content (AvgIpc) is 2.89.